The van der Waals surface area contributed by atoms with Crippen LogP contribution in [0, 0.1) is 5.92 Å². The van der Waals surface area contributed by atoms with E-state index in [1.165, 1.54) is 0 Å². The monoisotopic (exact) mass is 305 g/mol. The van der Waals surface area contributed by atoms with Gasteiger partial charge in [0.25, 0.3) is 0 Å². The van der Waals surface area contributed by atoms with Crippen LogP contribution in [0.3, 0.4) is 0 Å². The second-order valence-corrected chi connectivity index (χ2v) is 6.71. The van der Waals surface area contributed by atoms with Crippen molar-refractivity contribution < 1.29 is 19.1 Å². The third-order valence-corrected chi connectivity index (χ3v) is 3.51. The Morgan fingerprint density at radius 1 is 1.14 bits per heavy atom. The summed E-state index contributed by atoms with van der Waals surface area (Å²) in [4.78, 5) is 24.8. The van der Waals surface area contributed by atoms with E-state index in [0.29, 0.717) is 0 Å². The zero-order valence-corrected chi connectivity index (χ0v) is 13.3. The topological polar surface area (TPSA) is 78.6 Å². The predicted molar refractivity (Wildman–Crippen MR) is 81.7 cm³/mol. The maximum absolute atomic E-state index is 12.4. The Labute approximate surface area is 130 Å². The highest BCUT2D eigenvalue weighted by Crippen LogP contribution is 2.40. The zero-order chi connectivity index (χ0) is 16.4. The number of esters is 2. The van der Waals surface area contributed by atoms with E-state index >= 15 is 0 Å². The Bertz CT molecular complexity index is 546. The number of rotatable bonds is 5. The van der Waals surface area contributed by atoms with E-state index in [1.54, 1.807) is 20.8 Å². The lowest BCUT2D eigenvalue weighted by atomic mass is 9.94. The van der Waals surface area contributed by atoms with Gasteiger partial charge in [0.1, 0.15) is 12.2 Å². The second-order valence-electron chi connectivity index (χ2n) is 6.71. The summed E-state index contributed by atoms with van der Waals surface area (Å²) < 4.78 is 10.6. The largest absolute Gasteiger partial charge is 0.459 e. The quantitative estimate of drug-likeness (QED) is 0.666. The van der Waals surface area contributed by atoms with Crippen LogP contribution in [0.5, 0.6) is 0 Å². The molecule has 2 rings (SSSR count). The molecule has 22 heavy (non-hydrogen) atoms. The molecular weight excluding hydrogens is 282 g/mol. The van der Waals surface area contributed by atoms with Crippen molar-refractivity contribution in [1.82, 2.24) is 0 Å². The Morgan fingerprint density at radius 3 is 2.23 bits per heavy atom. The lowest BCUT2D eigenvalue weighted by molar-refractivity contribution is -0.173. The van der Waals surface area contributed by atoms with Crippen molar-refractivity contribution in [2.24, 2.45) is 11.7 Å². The number of benzene rings is 1. The van der Waals surface area contributed by atoms with E-state index in [0.717, 1.165) is 18.4 Å². The minimum atomic E-state index is -1.71. The Hall–Kier alpha value is -1.88. The standard InChI is InChI=1S/C17H23NO4/c1-16(2,3)22-15(20)17(18,13-9-10-13)14(19)21-11-12-7-5-4-6-8-12/h4-8,13H,9-11,18H2,1-3H3/t17-/m0/s1. The van der Waals surface area contributed by atoms with E-state index < -0.39 is 23.1 Å². The molecule has 2 N–H and O–H groups in total. The third kappa shape index (κ3) is 3.85. The molecule has 0 bridgehead atoms. The third-order valence-electron chi connectivity index (χ3n) is 3.51. The number of nitrogens with two attached hydrogens (primary N) is 1. The normalized spacial score (nSPS) is 17.5. The molecule has 0 radical (unpaired) electrons. The second kappa shape index (κ2) is 6.08. The van der Waals surface area contributed by atoms with Crippen LogP contribution in [-0.2, 0) is 25.7 Å². The van der Waals surface area contributed by atoms with Gasteiger partial charge in [0.05, 0.1) is 0 Å². The lowest BCUT2D eigenvalue weighted by Gasteiger charge is -2.29. The minimum Gasteiger partial charge on any atom is -0.459 e. The molecule has 1 atom stereocenters. The number of carbonyl (C=O) groups is 2. The molecule has 120 valence electrons. The van der Waals surface area contributed by atoms with E-state index in [1.807, 2.05) is 30.3 Å². The summed E-state index contributed by atoms with van der Waals surface area (Å²) in [5, 5.41) is 0. The highest BCUT2D eigenvalue weighted by molar-refractivity contribution is 6.05. The summed E-state index contributed by atoms with van der Waals surface area (Å²) in [6, 6.07) is 9.27. The van der Waals surface area contributed by atoms with Gasteiger partial charge in [-0.05, 0) is 45.1 Å². The molecule has 1 aliphatic carbocycles. The molecule has 1 fully saturated rings. The van der Waals surface area contributed by atoms with Gasteiger partial charge in [0.15, 0.2) is 0 Å². The number of hydrogen-bond donors (Lipinski definition) is 1. The lowest BCUT2D eigenvalue weighted by Crippen LogP contribution is -2.59. The van der Waals surface area contributed by atoms with Crippen LogP contribution in [0.4, 0.5) is 0 Å². The van der Waals surface area contributed by atoms with Crippen molar-refractivity contribution in [1.29, 1.82) is 0 Å². The Balaban J connectivity index is 2.06. The molecule has 0 saturated heterocycles. The molecule has 1 aliphatic rings. The average Bonchev–Trinajstić information content (AvgIpc) is 3.28. The first-order valence-corrected chi connectivity index (χ1v) is 7.47. The van der Waals surface area contributed by atoms with Crippen LogP contribution in [-0.4, -0.2) is 23.1 Å². The first kappa shape index (κ1) is 16.5. The summed E-state index contributed by atoms with van der Waals surface area (Å²) in [5.74, 6) is -1.63. The molecule has 1 aromatic carbocycles. The summed E-state index contributed by atoms with van der Waals surface area (Å²) in [7, 11) is 0. The fourth-order valence-corrected chi connectivity index (χ4v) is 2.16. The maximum atomic E-state index is 12.4. The van der Waals surface area contributed by atoms with E-state index in [2.05, 4.69) is 0 Å². The van der Waals surface area contributed by atoms with Crippen LogP contribution in [0.15, 0.2) is 30.3 Å². The fourth-order valence-electron chi connectivity index (χ4n) is 2.16. The first-order chi connectivity index (χ1) is 10.2. The smallest absolute Gasteiger partial charge is 0.338 e. The van der Waals surface area contributed by atoms with E-state index in [9.17, 15) is 9.59 Å². The van der Waals surface area contributed by atoms with Gasteiger partial charge in [0.2, 0.25) is 5.54 Å². The van der Waals surface area contributed by atoms with Crippen LogP contribution in [0.1, 0.15) is 39.2 Å². The highest BCUT2D eigenvalue weighted by atomic mass is 16.6. The van der Waals surface area contributed by atoms with Crippen molar-refractivity contribution >= 4 is 11.9 Å². The van der Waals surface area contributed by atoms with Gasteiger partial charge in [-0.25, -0.2) is 9.59 Å². The van der Waals surface area contributed by atoms with Crippen LogP contribution < -0.4 is 5.73 Å². The molecule has 1 saturated carbocycles. The van der Waals surface area contributed by atoms with Gasteiger partial charge in [-0.3, -0.25) is 0 Å². The van der Waals surface area contributed by atoms with Gasteiger partial charge in [0, 0.05) is 0 Å². The summed E-state index contributed by atoms with van der Waals surface area (Å²) in [6.07, 6.45) is 1.46. The first-order valence-electron chi connectivity index (χ1n) is 7.47. The molecule has 1 aromatic rings. The van der Waals surface area contributed by atoms with Crippen molar-refractivity contribution in [2.45, 2.75) is 51.4 Å². The van der Waals surface area contributed by atoms with Gasteiger partial charge in [-0.15, -0.1) is 0 Å². The fraction of sp³-hybridized carbons (Fsp3) is 0.529. The van der Waals surface area contributed by atoms with Crippen LogP contribution in [0.25, 0.3) is 0 Å². The minimum absolute atomic E-state index is 0.0914. The molecule has 0 aliphatic heterocycles. The molecule has 0 aromatic heterocycles. The zero-order valence-electron chi connectivity index (χ0n) is 13.3. The van der Waals surface area contributed by atoms with Gasteiger partial charge in [-0.2, -0.15) is 0 Å². The van der Waals surface area contributed by atoms with Crippen LogP contribution >= 0.6 is 0 Å². The van der Waals surface area contributed by atoms with Crippen LogP contribution in [0.2, 0.25) is 0 Å². The molecule has 0 heterocycles. The summed E-state index contributed by atoms with van der Waals surface area (Å²) in [5.41, 5.74) is 4.55. The maximum Gasteiger partial charge on any atom is 0.338 e. The van der Waals surface area contributed by atoms with E-state index in [-0.39, 0.29) is 12.5 Å². The molecule has 0 spiro atoms. The average molecular weight is 305 g/mol. The predicted octanol–water partition coefficient (Wildman–Crippen LogP) is 2.18. The van der Waals surface area contributed by atoms with Crippen molar-refractivity contribution in [3.05, 3.63) is 35.9 Å². The summed E-state index contributed by atoms with van der Waals surface area (Å²) in [6.45, 7) is 5.32. The number of carbonyl (C=O) groups excluding carboxylic acids is 2. The Morgan fingerprint density at radius 2 is 1.73 bits per heavy atom. The molecule has 0 amide bonds. The van der Waals surface area contributed by atoms with Gasteiger partial charge in [-0.1, -0.05) is 30.3 Å². The van der Waals surface area contributed by atoms with E-state index in [4.69, 9.17) is 15.2 Å². The molecule has 5 nitrogen and oxygen atoms in total. The Kier molecular flexibility index (Phi) is 4.56. The number of ether oxygens (including phenoxy) is 2. The summed E-state index contributed by atoms with van der Waals surface area (Å²) >= 11 is 0. The van der Waals surface area contributed by atoms with Gasteiger partial charge < -0.3 is 15.2 Å². The van der Waals surface area contributed by atoms with Crippen molar-refractivity contribution in [3.63, 3.8) is 0 Å². The molecular formula is C17H23NO4. The van der Waals surface area contributed by atoms with Gasteiger partial charge >= 0.3 is 11.9 Å². The molecule has 0 unspecified atom stereocenters. The number of hydrogen-bond acceptors (Lipinski definition) is 5. The SMILES string of the molecule is CC(C)(C)OC(=O)[C@@](N)(C(=O)OCc1ccccc1)C1CC1. The highest BCUT2D eigenvalue weighted by Gasteiger charge is 2.57. The molecule has 5 heteroatoms. The van der Waals surface area contributed by atoms with Crippen molar-refractivity contribution in [3.8, 4) is 0 Å². The van der Waals surface area contributed by atoms with Crippen molar-refractivity contribution in [2.75, 3.05) is 0 Å².